The molecule has 0 bridgehead atoms. The van der Waals surface area contributed by atoms with Crippen LogP contribution >= 0.6 is 0 Å². The molecular weight excluding hydrogens is 271 g/mol. The van der Waals surface area contributed by atoms with Crippen molar-refractivity contribution in [2.45, 2.75) is 13.8 Å². The van der Waals surface area contributed by atoms with Gasteiger partial charge in [-0.05, 0) is 49.7 Å². The van der Waals surface area contributed by atoms with Crippen LogP contribution in [0.25, 0.3) is 0 Å². The molecule has 0 unspecified atom stereocenters. The van der Waals surface area contributed by atoms with Gasteiger partial charge >= 0.3 is 0 Å². The lowest BCUT2D eigenvalue weighted by Gasteiger charge is -2.22. The topological polar surface area (TPSA) is 74.7 Å². The number of oxime groups is 1. The van der Waals surface area contributed by atoms with Crippen molar-refractivity contribution in [3.8, 4) is 0 Å². The Labute approximate surface area is 122 Å². The molecule has 0 aliphatic heterocycles. The predicted molar refractivity (Wildman–Crippen MR) is 80.7 cm³/mol. The minimum absolute atomic E-state index is 0.0102. The summed E-state index contributed by atoms with van der Waals surface area (Å²) in [6.45, 7) is 3.73. The number of aromatic nitrogens is 1. The molecule has 0 fully saturated rings. The van der Waals surface area contributed by atoms with Gasteiger partial charge in [-0.25, -0.2) is 9.37 Å². The molecule has 3 N–H and O–H groups in total. The zero-order chi connectivity index (χ0) is 15.6. The second kappa shape index (κ2) is 5.78. The molecule has 1 aromatic carbocycles. The van der Waals surface area contributed by atoms with Crippen molar-refractivity contribution in [2.24, 2.45) is 10.9 Å². The number of nitrogens with two attached hydrogens (primary N) is 1. The highest BCUT2D eigenvalue weighted by Crippen LogP contribution is 2.27. The summed E-state index contributed by atoms with van der Waals surface area (Å²) in [5, 5.41) is 12.0. The third-order valence-electron chi connectivity index (χ3n) is 3.22. The molecule has 21 heavy (non-hydrogen) atoms. The fraction of sp³-hybridized carbons (Fsp3) is 0.200. The Kier molecular flexibility index (Phi) is 4.07. The molecule has 2 rings (SSSR count). The molecule has 0 amide bonds. The van der Waals surface area contributed by atoms with Crippen LogP contribution in [0.15, 0.2) is 35.5 Å². The van der Waals surface area contributed by atoms with Gasteiger partial charge in [0.05, 0.1) is 5.56 Å². The fourth-order valence-corrected chi connectivity index (χ4v) is 2.21. The number of pyridine rings is 1. The third-order valence-corrected chi connectivity index (χ3v) is 3.22. The smallest absolute Gasteiger partial charge is 0.174 e. The lowest BCUT2D eigenvalue weighted by atomic mass is 10.1. The largest absolute Gasteiger partial charge is 0.409 e. The molecule has 110 valence electrons. The minimum atomic E-state index is -0.308. The average molecular weight is 288 g/mol. The second-order valence-corrected chi connectivity index (χ2v) is 4.80. The Bertz CT molecular complexity index is 683. The van der Waals surface area contributed by atoms with Gasteiger partial charge < -0.3 is 15.8 Å². The van der Waals surface area contributed by atoms with Crippen molar-refractivity contribution in [1.29, 1.82) is 0 Å². The van der Waals surface area contributed by atoms with Crippen LogP contribution in [0.5, 0.6) is 0 Å². The summed E-state index contributed by atoms with van der Waals surface area (Å²) in [6, 6.07) is 7.89. The molecule has 0 atom stereocenters. The standard InChI is InChI=1S/C15H17FN4O/c1-9-8-10(2)18-15(13(9)14(17)19-21)20(3)12-6-4-11(16)5-7-12/h4-8,21H,1-3H3,(H2,17,19). The molecular formula is C15H17FN4O. The quantitative estimate of drug-likeness (QED) is 0.394. The predicted octanol–water partition coefficient (Wildman–Crippen LogP) is 2.70. The minimum Gasteiger partial charge on any atom is -0.409 e. The summed E-state index contributed by atoms with van der Waals surface area (Å²) >= 11 is 0. The molecule has 1 heterocycles. The Morgan fingerprint density at radius 1 is 1.29 bits per heavy atom. The van der Waals surface area contributed by atoms with Gasteiger partial charge in [0, 0.05) is 18.4 Å². The molecule has 0 spiro atoms. The van der Waals surface area contributed by atoms with Gasteiger partial charge in [0.1, 0.15) is 11.6 Å². The Hall–Kier alpha value is -2.63. The van der Waals surface area contributed by atoms with E-state index < -0.39 is 0 Å². The van der Waals surface area contributed by atoms with E-state index in [-0.39, 0.29) is 11.7 Å². The number of hydrogen-bond donors (Lipinski definition) is 2. The van der Waals surface area contributed by atoms with Crippen LogP contribution in [0.3, 0.4) is 0 Å². The highest BCUT2D eigenvalue weighted by Gasteiger charge is 2.17. The van der Waals surface area contributed by atoms with Crippen LogP contribution in [0.1, 0.15) is 16.8 Å². The van der Waals surface area contributed by atoms with Gasteiger partial charge in [-0.3, -0.25) is 0 Å². The van der Waals surface area contributed by atoms with E-state index in [1.807, 2.05) is 19.9 Å². The monoisotopic (exact) mass is 288 g/mol. The van der Waals surface area contributed by atoms with E-state index in [4.69, 9.17) is 10.9 Å². The third kappa shape index (κ3) is 2.94. The van der Waals surface area contributed by atoms with Gasteiger partial charge in [0.25, 0.3) is 0 Å². The number of benzene rings is 1. The Balaban J connectivity index is 2.59. The van der Waals surface area contributed by atoms with Gasteiger partial charge in [0.15, 0.2) is 5.84 Å². The molecule has 0 aliphatic rings. The van der Waals surface area contributed by atoms with Crippen molar-refractivity contribution in [1.82, 2.24) is 4.98 Å². The summed E-state index contributed by atoms with van der Waals surface area (Å²) in [5.74, 6) is 0.232. The first-order chi connectivity index (χ1) is 9.93. The molecule has 0 aliphatic carbocycles. The Morgan fingerprint density at radius 3 is 2.48 bits per heavy atom. The van der Waals surface area contributed by atoms with E-state index in [2.05, 4.69) is 10.1 Å². The van der Waals surface area contributed by atoms with Crippen molar-refractivity contribution in [3.05, 3.63) is 53.0 Å². The van der Waals surface area contributed by atoms with E-state index in [0.29, 0.717) is 11.4 Å². The van der Waals surface area contributed by atoms with E-state index in [0.717, 1.165) is 16.9 Å². The van der Waals surface area contributed by atoms with E-state index in [1.165, 1.54) is 12.1 Å². The maximum absolute atomic E-state index is 13.0. The fourth-order valence-electron chi connectivity index (χ4n) is 2.21. The maximum Gasteiger partial charge on any atom is 0.174 e. The van der Waals surface area contributed by atoms with Crippen molar-refractivity contribution in [2.75, 3.05) is 11.9 Å². The van der Waals surface area contributed by atoms with Gasteiger partial charge in [-0.2, -0.15) is 0 Å². The molecule has 6 heteroatoms. The molecule has 5 nitrogen and oxygen atoms in total. The van der Waals surface area contributed by atoms with Crippen LogP contribution < -0.4 is 10.6 Å². The summed E-state index contributed by atoms with van der Waals surface area (Å²) < 4.78 is 13.0. The summed E-state index contributed by atoms with van der Waals surface area (Å²) in [7, 11) is 1.79. The molecule has 0 saturated heterocycles. The first kappa shape index (κ1) is 14.8. The van der Waals surface area contributed by atoms with Crippen LogP contribution in [0.2, 0.25) is 0 Å². The zero-order valence-electron chi connectivity index (χ0n) is 12.1. The van der Waals surface area contributed by atoms with Crippen LogP contribution in [-0.2, 0) is 0 Å². The summed E-state index contributed by atoms with van der Waals surface area (Å²) in [4.78, 5) is 6.23. The van der Waals surface area contributed by atoms with E-state index in [9.17, 15) is 4.39 Å². The lowest BCUT2D eigenvalue weighted by Crippen LogP contribution is -2.22. The zero-order valence-corrected chi connectivity index (χ0v) is 12.1. The number of aryl methyl sites for hydroxylation is 2. The normalized spacial score (nSPS) is 11.5. The van der Waals surface area contributed by atoms with E-state index >= 15 is 0 Å². The number of halogens is 1. The average Bonchev–Trinajstić information content (AvgIpc) is 2.45. The molecule has 0 radical (unpaired) electrons. The molecule has 0 saturated carbocycles. The Morgan fingerprint density at radius 2 is 1.90 bits per heavy atom. The summed E-state index contributed by atoms with van der Waals surface area (Å²) in [6.07, 6.45) is 0. The highest BCUT2D eigenvalue weighted by molar-refractivity contribution is 6.03. The molecule has 2 aromatic rings. The highest BCUT2D eigenvalue weighted by atomic mass is 19.1. The van der Waals surface area contributed by atoms with Gasteiger partial charge in [-0.15, -0.1) is 0 Å². The van der Waals surface area contributed by atoms with Crippen molar-refractivity contribution in [3.63, 3.8) is 0 Å². The lowest BCUT2D eigenvalue weighted by molar-refractivity contribution is 0.318. The van der Waals surface area contributed by atoms with Gasteiger partial charge in [0.2, 0.25) is 0 Å². The number of anilines is 2. The summed E-state index contributed by atoms with van der Waals surface area (Å²) in [5.41, 5.74) is 8.72. The first-order valence-electron chi connectivity index (χ1n) is 6.39. The number of nitrogens with zero attached hydrogens (tertiary/aromatic N) is 3. The first-order valence-corrected chi connectivity index (χ1v) is 6.39. The van der Waals surface area contributed by atoms with Crippen molar-refractivity contribution < 1.29 is 9.60 Å². The van der Waals surface area contributed by atoms with Crippen LogP contribution in [-0.4, -0.2) is 23.1 Å². The number of hydrogen-bond acceptors (Lipinski definition) is 4. The second-order valence-electron chi connectivity index (χ2n) is 4.80. The van der Waals surface area contributed by atoms with Gasteiger partial charge in [-0.1, -0.05) is 5.16 Å². The number of amidine groups is 1. The van der Waals surface area contributed by atoms with E-state index in [1.54, 1.807) is 24.1 Å². The maximum atomic E-state index is 13.0. The van der Waals surface area contributed by atoms with Crippen LogP contribution in [0.4, 0.5) is 15.9 Å². The molecule has 1 aromatic heterocycles. The SMILES string of the molecule is Cc1cc(C)c(C(N)=NO)c(N(C)c2ccc(F)cc2)n1. The number of rotatable bonds is 3. The van der Waals surface area contributed by atoms with Crippen molar-refractivity contribution >= 4 is 17.3 Å². The van der Waals surface area contributed by atoms with Crippen LogP contribution in [0, 0.1) is 19.7 Å².